The van der Waals surface area contributed by atoms with Crippen LogP contribution in [-0.2, 0) is 6.54 Å². The number of nitrogens with zero attached hydrogens (tertiary/aromatic N) is 2. The van der Waals surface area contributed by atoms with E-state index in [4.69, 9.17) is 0 Å². The molecule has 0 aliphatic heterocycles. The molecule has 124 valence electrons. The Bertz CT molecular complexity index is 1130. The van der Waals surface area contributed by atoms with Gasteiger partial charge in [-0.2, -0.15) is 0 Å². The van der Waals surface area contributed by atoms with Crippen LogP contribution in [0.3, 0.4) is 0 Å². The standard InChI is InChI=1S/C20H15FN2OS/c1-13-4-2-6-15(8-13)17-11-25-19-18(17)22-12-23(20(19)24)10-14-5-3-7-16(21)9-14/h2-9,11-12H,10H2,1H3. The summed E-state index contributed by atoms with van der Waals surface area (Å²) in [6.45, 7) is 2.34. The van der Waals surface area contributed by atoms with Crippen LogP contribution >= 0.6 is 11.3 Å². The molecule has 4 rings (SSSR count). The van der Waals surface area contributed by atoms with Gasteiger partial charge in [-0.15, -0.1) is 11.3 Å². The zero-order valence-corrected chi connectivity index (χ0v) is 14.4. The molecule has 0 unspecified atom stereocenters. The van der Waals surface area contributed by atoms with Crippen molar-refractivity contribution >= 4 is 21.6 Å². The lowest BCUT2D eigenvalue weighted by molar-refractivity contribution is 0.622. The first-order valence-corrected chi connectivity index (χ1v) is 8.78. The predicted octanol–water partition coefficient (Wildman–Crippen LogP) is 4.62. The number of aryl methyl sites for hydroxylation is 1. The maximum atomic E-state index is 13.3. The van der Waals surface area contributed by atoms with Gasteiger partial charge in [-0.1, -0.05) is 42.0 Å². The van der Waals surface area contributed by atoms with Crippen molar-refractivity contribution in [1.29, 1.82) is 0 Å². The van der Waals surface area contributed by atoms with Gasteiger partial charge in [0.25, 0.3) is 5.56 Å². The molecule has 2 aromatic heterocycles. The third-order valence-electron chi connectivity index (χ3n) is 4.12. The van der Waals surface area contributed by atoms with Crippen LogP contribution in [0.5, 0.6) is 0 Å². The molecule has 0 aliphatic carbocycles. The second kappa shape index (κ2) is 6.26. The van der Waals surface area contributed by atoms with Gasteiger partial charge in [-0.25, -0.2) is 9.37 Å². The Kier molecular flexibility index (Phi) is 3.93. The maximum absolute atomic E-state index is 13.3. The van der Waals surface area contributed by atoms with Gasteiger partial charge in [0.15, 0.2) is 0 Å². The van der Waals surface area contributed by atoms with Crippen LogP contribution in [0.4, 0.5) is 4.39 Å². The van der Waals surface area contributed by atoms with E-state index in [2.05, 4.69) is 11.1 Å². The van der Waals surface area contributed by atoms with Crippen LogP contribution in [0.1, 0.15) is 11.1 Å². The average molecular weight is 350 g/mol. The molecule has 0 bridgehead atoms. The van der Waals surface area contributed by atoms with Crippen molar-refractivity contribution in [3.05, 3.63) is 87.5 Å². The Balaban J connectivity index is 1.78. The molecule has 2 aromatic carbocycles. The minimum atomic E-state index is -0.308. The molecule has 5 heteroatoms. The molecule has 0 saturated heterocycles. The summed E-state index contributed by atoms with van der Waals surface area (Å²) in [6.07, 6.45) is 1.54. The smallest absolute Gasteiger partial charge is 0.271 e. The summed E-state index contributed by atoms with van der Waals surface area (Å²) >= 11 is 1.40. The zero-order chi connectivity index (χ0) is 17.4. The van der Waals surface area contributed by atoms with Gasteiger partial charge in [-0.3, -0.25) is 9.36 Å². The quantitative estimate of drug-likeness (QED) is 0.540. The highest BCUT2D eigenvalue weighted by Gasteiger charge is 2.13. The van der Waals surface area contributed by atoms with Gasteiger partial charge in [0.2, 0.25) is 0 Å². The minimum absolute atomic E-state index is 0.0989. The lowest BCUT2D eigenvalue weighted by Gasteiger charge is -2.06. The molecule has 2 heterocycles. The maximum Gasteiger partial charge on any atom is 0.271 e. The molecule has 0 spiro atoms. The van der Waals surface area contributed by atoms with Crippen molar-refractivity contribution in [3.8, 4) is 11.1 Å². The largest absolute Gasteiger partial charge is 0.294 e. The lowest BCUT2D eigenvalue weighted by atomic mass is 10.1. The van der Waals surface area contributed by atoms with Crippen LogP contribution in [-0.4, -0.2) is 9.55 Å². The molecule has 25 heavy (non-hydrogen) atoms. The molecule has 0 amide bonds. The lowest BCUT2D eigenvalue weighted by Crippen LogP contribution is -2.20. The molecule has 0 fully saturated rings. The minimum Gasteiger partial charge on any atom is -0.294 e. The third kappa shape index (κ3) is 2.98. The van der Waals surface area contributed by atoms with Crippen molar-refractivity contribution in [2.45, 2.75) is 13.5 Å². The molecule has 4 aromatic rings. The summed E-state index contributed by atoms with van der Waals surface area (Å²) in [5, 5.41) is 1.97. The van der Waals surface area contributed by atoms with E-state index in [1.807, 2.05) is 30.5 Å². The molecule has 0 atom stereocenters. The van der Waals surface area contributed by atoms with Crippen LogP contribution in [0.2, 0.25) is 0 Å². The fourth-order valence-electron chi connectivity index (χ4n) is 2.90. The van der Waals surface area contributed by atoms with Crippen molar-refractivity contribution in [2.75, 3.05) is 0 Å². The number of aromatic nitrogens is 2. The van der Waals surface area contributed by atoms with Gasteiger partial charge in [0.1, 0.15) is 10.5 Å². The number of fused-ring (bicyclic) bond motifs is 1. The van der Waals surface area contributed by atoms with Crippen molar-refractivity contribution in [2.24, 2.45) is 0 Å². The van der Waals surface area contributed by atoms with Crippen molar-refractivity contribution in [1.82, 2.24) is 9.55 Å². The Morgan fingerprint density at radius 3 is 2.80 bits per heavy atom. The Hall–Kier alpha value is -2.79. The molecule has 0 N–H and O–H groups in total. The van der Waals surface area contributed by atoms with Crippen LogP contribution < -0.4 is 5.56 Å². The molecule has 0 saturated carbocycles. The zero-order valence-electron chi connectivity index (χ0n) is 13.6. The fraction of sp³-hybridized carbons (Fsp3) is 0.100. The normalized spacial score (nSPS) is 11.1. The Labute approximate surface area is 148 Å². The van der Waals surface area contributed by atoms with Crippen LogP contribution in [0.15, 0.2) is 65.0 Å². The van der Waals surface area contributed by atoms with E-state index in [0.29, 0.717) is 11.2 Å². The summed E-state index contributed by atoms with van der Waals surface area (Å²) in [6, 6.07) is 14.4. The summed E-state index contributed by atoms with van der Waals surface area (Å²) in [5.41, 5.74) is 4.55. The van der Waals surface area contributed by atoms with Gasteiger partial charge in [0, 0.05) is 10.9 Å². The summed E-state index contributed by atoms with van der Waals surface area (Å²) in [7, 11) is 0. The number of benzene rings is 2. The summed E-state index contributed by atoms with van der Waals surface area (Å²) < 4.78 is 15.5. The van der Waals surface area contributed by atoms with Crippen molar-refractivity contribution < 1.29 is 4.39 Å². The monoisotopic (exact) mass is 350 g/mol. The van der Waals surface area contributed by atoms with E-state index < -0.39 is 0 Å². The number of hydrogen-bond donors (Lipinski definition) is 0. The van der Waals surface area contributed by atoms with Crippen LogP contribution in [0.25, 0.3) is 21.3 Å². The topological polar surface area (TPSA) is 34.9 Å². The molecular formula is C20H15FN2OS. The van der Waals surface area contributed by atoms with E-state index in [1.54, 1.807) is 18.5 Å². The second-order valence-corrected chi connectivity index (χ2v) is 6.88. The summed E-state index contributed by atoms with van der Waals surface area (Å²) in [4.78, 5) is 17.3. The van der Waals surface area contributed by atoms with Crippen molar-refractivity contribution in [3.63, 3.8) is 0 Å². The van der Waals surface area contributed by atoms with Gasteiger partial charge >= 0.3 is 0 Å². The highest BCUT2D eigenvalue weighted by molar-refractivity contribution is 7.17. The van der Waals surface area contributed by atoms with E-state index in [1.165, 1.54) is 28.0 Å². The first-order valence-electron chi connectivity index (χ1n) is 7.90. The average Bonchev–Trinajstić information content (AvgIpc) is 3.02. The van der Waals surface area contributed by atoms with E-state index in [9.17, 15) is 9.18 Å². The van der Waals surface area contributed by atoms with Gasteiger partial charge in [0.05, 0.1) is 18.4 Å². The number of hydrogen-bond acceptors (Lipinski definition) is 3. The summed E-state index contributed by atoms with van der Waals surface area (Å²) in [5.74, 6) is -0.308. The number of halogens is 1. The van der Waals surface area contributed by atoms with E-state index in [0.717, 1.165) is 27.8 Å². The molecule has 0 radical (unpaired) electrons. The molecular weight excluding hydrogens is 335 g/mol. The van der Waals surface area contributed by atoms with Crippen LogP contribution in [0, 0.1) is 12.7 Å². The van der Waals surface area contributed by atoms with E-state index in [-0.39, 0.29) is 11.4 Å². The Morgan fingerprint density at radius 1 is 1.16 bits per heavy atom. The highest BCUT2D eigenvalue weighted by atomic mass is 32.1. The number of rotatable bonds is 3. The second-order valence-electron chi connectivity index (χ2n) is 6.00. The van der Waals surface area contributed by atoms with Gasteiger partial charge < -0.3 is 0 Å². The fourth-order valence-corrected chi connectivity index (χ4v) is 3.88. The first kappa shape index (κ1) is 15.7. The first-order chi connectivity index (χ1) is 12.1. The number of thiophene rings is 1. The SMILES string of the molecule is Cc1cccc(-c2csc3c(=O)n(Cc4cccc(F)c4)cnc23)c1. The van der Waals surface area contributed by atoms with E-state index >= 15 is 0 Å². The predicted molar refractivity (Wildman–Crippen MR) is 99.6 cm³/mol. The highest BCUT2D eigenvalue weighted by Crippen LogP contribution is 2.31. The van der Waals surface area contributed by atoms with Gasteiger partial charge in [-0.05, 0) is 30.2 Å². The molecule has 3 nitrogen and oxygen atoms in total. The Morgan fingerprint density at radius 2 is 2.00 bits per heavy atom. The third-order valence-corrected chi connectivity index (χ3v) is 5.07. The molecule has 0 aliphatic rings.